The highest BCUT2D eigenvalue weighted by Gasteiger charge is 2.12. The van der Waals surface area contributed by atoms with Gasteiger partial charge in [-0.05, 0) is 34.5 Å². The number of aryl methyl sites for hydroxylation is 1. The van der Waals surface area contributed by atoms with Crippen LogP contribution >= 0.6 is 15.9 Å². The number of nitrogens with one attached hydrogen (secondary N) is 2. The summed E-state index contributed by atoms with van der Waals surface area (Å²) in [5.41, 5.74) is 1.35. The van der Waals surface area contributed by atoms with Gasteiger partial charge in [0, 0.05) is 22.4 Å². The minimum atomic E-state index is -0.281. The summed E-state index contributed by atoms with van der Waals surface area (Å²) in [6, 6.07) is 5.36. The summed E-state index contributed by atoms with van der Waals surface area (Å²) in [5.74, 6) is 0.234. The SMILES string of the molecule is CCCc1cc(NC(=O)c2ncccc2Br)n[nH]1. The summed E-state index contributed by atoms with van der Waals surface area (Å²) in [6.07, 6.45) is 3.52. The molecule has 18 heavy (non-hydrogen) atoms. The Balaban J connectivity index is 2.09. The summed E-state index contributed by atoms with van der Waals surface area (Å²) >= 11 is 3.29. The first-order chi connectivity index (χ1) is 8.70. The maximum Gasteiger partial charge on any atom is 0.276 e. The highest BCUT2D eigenvalue weighted by Crippen LogP contribution is 2.15. The van der Waals surface area contributed by atoms with Crippen molar-refractivity contribution in [2.24, 2.45) is 0 Å². The first-order valence-electron chi connectivity index (χ1n) is 5.67. The third kappa shape index (κ3) is 2.95. The van der Waals surface area contributed by atoms with Crippen molar-refractivity contribution in [2.75, 3.05) is 5.32 Å². The maximum absolute atomic E-state index is 11.9. The number of H-pyrrole nitrogens is 1. The molecule has 0 atom stereocenters. The smallest absolute Gasteiger partial charge is 0.276 e. The Morgan fingerprint density at radius 3 is 3.11 bits per heavy atom. The van der Waals surface area contributed by atoms with Crippen molar-refractivity contribution >= 4 is 27.7 Å². The maximum atomic E-state index is 11.9. The summed E-state index contributed by atoms with van der Waals surface area (Å²) in [4.78, 5) is 16.0. The fourth-order valence-corrected chi connectivity index (χ4v) is 1.99. The molecule has 0 saturated heterocycles. The molecule has 6 heteroatoms. The van der Waals surface area contributed by atoms with Crippen molar-refractivity contribution < 1.29 is 4.79 Å². The molecule has 94 valence electrons. The predicted molar refractivity (Wildman–Crippen MR) is 72.5 cm³/mol. The Labute approximate surface area is 113 Å². The number of carbonyl (C=O) groups excluding carboxylic acids is 1. The molecule has 2 rings (SSSR count). The molecule has 5 nitrogen and oxygen atoms in total. The third-order valence-electron chi connectivity index (χ3n) is 2.37. The topological polar surface area (TPSA) is 70.7 Å². The van der Waals surface area contributed by atoms with E-state index in [0.29, 0.717) is 16.0 Å². The molecular weight excluding hydrogens is 296 g/mol. The summed E-state index contributed by atoms with van der Waals surface area (Å²) < 4.78 is 0.659. The zero-order chi connectivity index (χ0) is 13.0. The molecule has 2 N–H and O–H groups in total. The van der Waals surface area contributed by atoms with Crippen LogP contribution in [0, 0.1) is 0 Å². The molecule has 1 amide bonds. The van der Waals surface area contributed by atoms with Crippen molar-refractivity contribution in [3.63, 3.8) is 0 Å². The third-order valence-corrected chi connectivity index (χ3v) is 3.01. The van der Waals surface area contributed by atoms with E-state index < -0.39 is 0 Å². The standard InChI is InChI=1S/C12H13BrN4O/c1-2-4-8-7-10(17-16-8)15-12(18)11-9(13)5-3-6-14-11/h3,5-7H,2,4H2,1H3,(H2,15,16,17,18). The van der Waals surface area contributed by atoms with Gasteiger partial charge in [-0.1, -0.05) is 13.3 Å². The van der Waals surface area contributed by atoms with Gasteiger partial charge in [-0.25, -0.2) is 4.98 Å². The Bertz CT molecular complexity index is 553. The largest absolute Gasteiger partial charge is 0.304 e. The second-order valence-electron chi connectivity index (χ2n) is 3.82. The molecular formula is C12H13BrN4O. The van der Waals surface area contributed by atoms with Gasteiger partial charge in [-0.3, -0.25) is 9.89 Å². The number of rotatable bonds is 4. The summed E-state index contributed by atoms with van der Waals surface area (Å²) in [5, 5.41) is 9.62. The number of halogens is 1. The number of hydrogen-bond acceptors (Lipinski definition) is 3. The number of pyridine rings is 1. The van der Waals surface area contributed by atoms with Crippen molar-refractivity contribution in [2.45, 2.75) is 19.8 Å². The molecule has 0 radical (unpaired) electrons. The molecule has 0 unspecified atom stereocenters. The monoisotopic (exact) mass is 308 g/mol. The van der Waals surface area contributed by atoms with Crippen LogP contribution in [0.25, 0.3) is 0 Å². The molecule has 0 spiro atoms. The molecule has 0 aliphatic carbocycles. The Kier molecular flexibility index (Phi) is 4.09. The number of aromatic nitrogens is 3. The second-order valence-corrected chi connectivity index (χ2v) is 4.67. The van der Waals surface area contributed by atoms with Crippen molar-refractivity contribution in [1.29, 1.82) is 0 Å². The minimum Gasteiger partial charge on any atom is -0.304 e. The number of amides is 1. The van der Waals surface area contributed by atoms with E-state index in [4.69, 9.17) is 0 Å². The first-order valence-corrected chi connectivity index (χ1v) is 6.46. The molecule has 0 aromatic carbocycles. The lowest BCUT2D eigenvalue weighted by Crippen LogP contribution is -2.14. The Morgan fingerprint density at radius 2 is 2.39 bits per heavy atom. The molecule has 2 aromatic heterocycles. The molecule has 0 fully saturated rings. The normalized spacial score (nSPS) is 10.3. The fraction of sp³-hybridized carbons (Fsp3) is 0.250. The zero-order valence-electron chi connectivity index (χ0n) is 9.90. The van der Waals surface area contributed by atoms with Crippen LogP contribution in [0.15, 0.2) is 28.9 Å². The van der Waals surface area contributed by atoms with Crippen molar-refractivity contribution in [3.05, 3.63) is 40.3 Å². The molecule has 0 aliphatic heterocycles. The summed E-state index contributed by atoms with van der Waals surface area (Å²) in [7, 11) is 0. The van der Waals surface area contributed by atoms with Gasteiger partial charge in [0.15, 0.2) is 5.82 Å². The van der Waals surface area contributed by atoms with Gasteiger partial charge in [-0.15, -0.1) is 0 Å². The van der Waals surface area contributed by atoms with Crippen molar-refractivity contribution in [1.82, 2.24) is 15.2 Å². The van der Waals surface area contributed by atoms with E-state index in [1.54, 1.807) is 18.3 Å². The van der Waals surface area contributed by atoms with E-state index in [1.807, 2.05) is 6.07 Å². The van der Waals surface area contributed by atoms with E-state index in [-0.39, 0.29) is 5.91 Å². The average Bonchev–Trinajstić information content (AvgIpc) is 2.77. The fourth-order valence-electron chi connectivity index (χ4n) is 1.55. The van der Waals surface area contributed by atoms with E-state index in [2.05, 4.69) is 43.4 Å². The first kappa shape index (κ1) is 12.8. The lowest BCUT2D eigenvalue weighted by molar-refractivity contribution is 0.102. The highest BCUT2D eigenvalue weighted by molar-refractivity contribution is 9.10. The van der Waals surface area contributed by atoms with Gasteiger partial charge in [0.25, 0.3) is 5.91 Å². The van der Waals surface area contributed by atoms with Gasteiger partial charge < -0.3 is 5.32 Å². The van der Waals surface area contributed by atoms with Crippen LogP contribution in [0.3, 0.4) is 0 Å². The van der Waals surface area contributed by atoms with Crippen LogP contribution in [-0.2, 0) is 6.42 Å². The zero-order valence-corrected chi connectivity index (χ0v) is 11.5. The van der Waals surface area contributed by atoms with Crippen LogP contribution < -0.4 is 5.32 Å². The van der Waals surface area contributed by atoms with E-state index >= 15 is 0 Å². The Hall–Kier alpha value is -1.69. The quantitative estimate of drug-likeness (QED) is 0.912. The van der Waals surface area contributed by atoms with Gasteiger partial charge in [-0.2, -0.15) is 5.10 Å². The lowest BCUT2D eigenvalue weighted by Gasteiger charge is -2.02. The number of hydrogen-bond donors (Lipinski definition) is 2. The van der Waals surface area contributed by atoms with Crippen LogP contribution in [0.5, 0.6) is 0 Å². The van der Waals surface area contributed by atoms with Crippen LogP contribution in [-0.4, -0.2) is 21.1 Å². The second kappa shape index (κ2) is 5.77. The van der Waals surface area contributed by atoms with Crippen LogP contribution in [0.1, 0.15) is 29.5 Å². The summed E-state index contributed by atoms with van der Waals surface area (Å²) in [6.45, 7) is 2.09. The van der Waals surface area contributed by atoms with Gasteiger partial charge in [0.1, 0.15) is 5.69 Å². The average molecular weight is 309 g/mol. The van der Waals surface area contributed by atoms with Crippen molar-refractivity contribution in [3.8, 4) is 0 Å². The van der Waals surface area contributed by atoms with E-state index in [0.717, 1.165) is 18.5 Å². The Morgan fingerprint density at radius 1 is 1.56 bits per heavy atom. The van der Waals surface area contributed by atoms with Crippen LogP contribution in [0.4, 0.5) is 5.82 Å². The molecule has 0 saturated carbocycles. The van der Waals surface area contributed by atoms with E-state index in [9.17, 15) is 4.79 Å². The van der Waals surface area contributed by atoms with Gasteiger partial charge in [0.2, 0.25) is 0 Å². The highest BCUT2D eigenvalue weighted by atomic mass is 79.9. The van der Waals surface area contributed by atoms with E-state index in [1.165, 1.54) is 0 Å². The predicted octanol–water partition coefficient (Wildman–Crippen LogP) is 2.77. The number of aromatic amines is 1. The van der Waals surface area contributed by atoms with Crippen LogP contribution in [0.2, 0.25) is 0 Å². The molecule has 2 aromatic rings. The van der Waals surface area contributed by atoms with Gasteiger partial charge in [0.05, 0.1) is 0 Å². The number of carbonyl (C=O) groups is 1. The number of nitrogens with zero attached hydrogens (tertiary/aromatic N) is 2. The number of anilines is 1. The lowest BCUT2D eigenvalue weighted by atomic mass is 10.2. The minimum absolute atomic E-state index is 0.281. The molecule has 2 heterocycles. The molecule has 0 bridgehead atoms. The van der Waals surface area contributed by atoms with Gasteiger partial charge >= 0.3 is 0 Å². The molecule has 0 aliphatic rings.